The number of hydrogen-bond donors (Lipinski definition) is 2. The van der Waals surface area contributed by atoms with E-state index in [4.69, 9.17) is 0 Å². The minimum atomic E-state index is -3.69. The number of carbonyl (C=O) groups is 3. The number of imide groups is 1. The van der Waals surface area contributed by atoms with Gasteiger partial charge in [0.2, 0.25) is 15.9 Å². The van der Waals surface area contributed by atoms with Crippen LogP contribution in [0.25, 0.3) is 0 Å². The molecule has 0 radical (unpaired) electrons. The molecule has 31 heavy (non-hydrogen) atoms. The molecule has 11 heteroatoms. The molecule has 1 aromatic carbocycles. The van der Waals surface area contributed by atoms with E-state index in [9.17, 15) is 22.8 Å². The second-order valence-corrected chi connectivity index (χ2v) is 9.45. The summed E-state index contributed by atoms with van der Waals surface area (Å²) in [5, 5.41) is 5.15. The largest absolute Gasteiger partial charge is 0.350 e. The van der Waals surface area contributed by atoms with Gasteiger partial charge in [0.25, 0.3) is 5.91 Å². The Kier molecular flexibility index (Phi) is 6.09. The number of aromatic nitrogens is 1. The number of pyridine rings is 1. The predicted octanol–water partition coefficient (Wildman–Crippen LogP) is 0.415. The fourth-order valence-corrected chi connectivity index (χ4v) is 4.28. The normalized spacial score (nSPS) is 18.9. The molecular formula is C20H23N5O5S. The van der Waals surface area contributed by atoms with Crippen molar-refractivity contribution in [1.82, 2.24) is 24.8 Å². The molecule has 2 N–H and O–H groups in total. The van der Waals surface area contributed by atoms with Crippen molar-refractivity contribution < 1.29 is 22.8 Å². The maximum absolute atomic E-state index is 12.8. The van der Waals surface area contributed by atoms with Gasteiger partial charge in [0.05, 0.1) is 10.6 Å². The summed E-state index contributed by atoms with van der Waals surface area (Å²) >= 11 is 0. The Balaban J connectivity index is 1.70. The van der Waals surface area contributed by atoms with Crippen LogP contribution in [0.2, 0.25) is 0 Å². The van der Waals surface area contributed by atoms with Gasteiger partial charge in [-0.1, -0.05) is 24.3 Å². The van der Waals surface area contributed by atoms with E-state index in [-0.39, 0.29) is 11.4 Å². The number of sulfonamides is 1. The zero-order valence-corrected chi connectivity index (χ0v) is 18.1. The van der Waals surface area contributed by atoms with Gasteiger partial charge in [0.1, 0.15) is 6.54 Å². The van der Waals surface area contributed by atoms with E-state index < -0.39 is 40.0 Å². The first-order valence-corrected chi connectivity index (χ1v) is 10.8. The van der Waals surface area contributed by atoms with Crippen LogP contribution in [-0.2, 0) is 31.7 Å². The number of urea groups is 1. The second kappa shape index (κ2) is 8.44. The average molecular weight is 446 g/mol. The number of benzene rings is 1. The van der Waals surface area contributed by atoms with Crippen LogP contribution in [0.15, 0.2) is 53.6 Å². The van der Waals surface area contributed by atoms with Crippen LogP contribution in [0.4, 0.5) is 4.79 Å². The molecule has 3 rings (SSSR count). The monoisotopic (exact) mass is 445 g/mol. The van der Waals surface area contributed by atoms with Crippen molar-refractivity contribution in [3.63, 3.8) is 0 Å². The minimum Gasteiger partial charge on any atom is -0.350 e. The summed E-state index contributed by atoms with van der Waals surface area (Å²) in [6.45, 7) is 0.939. The Hall–Kier alpha value is -3.31. The third kappa shape index (κ3) is 4.28. The fourth-order valence-electron chi connectivity index (χ4n) is 3.16. The van der Waals surface area contributed by atoms with E-state index in [1.165, 1.54) is 33.3 Å². The molecule has 1 aliphatic heterocycles. The van der Waals surface area contributed by atoms with E-state index >= 15 is 0 Å². The van der Waals surface area contributed by atoms with Crippen molar-refractivity contribution in [1.29, 1.82) is 0 Å². The maximum atomic E-state index is 12.8. The van der Waals surface area contributed by atoms with Gasteiger partial charge in [0.15, 0.2) is 5.54 Å². The molecule has 0 bridgehead atoms. The van der Waals surface area contributed by atoms with Crippen molar-refractivity contribution in [3.05, 3.63) is 59.9 Å². The Morgan fingerprint density at radius 1 is 1.16 bits per heavy atom. The second-order valence-electron chi connectivity index (χ2n) is 7.33. The molecule has 4 amide bonds. The standard InChI is InChI=1S/C20H23N5O5S/c1-20(16-10-6-7-11-21-16)18(27)25(19(28)23-20)13-17(26)22-12-14-8-4-5-9-15(14)31(29,30)24(2)3/h4-11H,12-13H2,1-3H3,(H,22,26)(H,23,28). The molecule has 10 nitrogen and oxygen atoms in total. The zero-order valence-electron chi connectivity index (χ0n) is 17.3. The molecule has 1 unspecified atom stereocenters. The molecule has 1 aromatic heterocycles. The van der Waals surface area contributed by atoms with Crippen molar-refractivity contribution in [2.75, 3.05) is 20.6 Å². The summed E-state index contributed by atoms with van der Waals surface area (Å²) in [5.74, 6) is -1.20. The van der Waals surface area contributed by atoms with Crippen LogP contribution in [0.5, 0.6) is 0 Å². The first-order chi connectivity index (χ1) is 14.6. The van der Waals surface area contributed by atoms with Crippen LogP contribution in [0, 0.1) is 0 Å². The predicted molar refractivity (Wildman–Crippen MR) is 111 cm³/mol. The van der Waals surface area contributed by atoms with Crippen molar-refractivity contribution in [3.8, 4) is 0 Å². The molecule has 1 fully saturated rings. The maximum Gasteiger partial charge on any atom is 0.325 e. The Morgan fingerprint density at radius 3 is 2.48 bits per heavy atom. The van der Waals surface area contributed by atoms with Gasteiger partial charge in [0, 0.05) is 26.8 Å². The first kappa shape index (κ1) is 22.4. The average Bonchev–Trinajstić information content (AvgIpc) is 2.97. The van der Waals surface area contributed by atoms with E-state index in [2.05, 4.69) is 15.6 Å². The van der Waals surface area contributed by atoms with Gasteiger partial charge in [-0.05, 0) is 30.7 Å². The summed E-state index contributed by atoms with van der Waals surface area (Å²) in [4.78, 5) is 42.6. The number of carbonyl (C=O) groups excluding carboxylic acids is 3. The van der Waals surface area contributed by atoms with E-state index in [0.717, 1.165) is 9.21 Å². The van der Waals surface area contributed by atoms with Crippen LogP contribution in [-0.4, -0.2) is 61.1 Å². The summed E-state index contributed by atoms with van der Waals surface area (Å²) in [6, 6.07) is 10.6. The van der Waals surface area contributed by atoms with Crippen molar-refractivity contribution in [2.24, 2.45) is 0 Å². The number of hydrogen-bond acceptors (Lipinski definition) is 6. The molecular weight excluding hydrogens is 422 g/mol. The first-order valence-electron chi connectivity index (χ1n) is 9.40. The molecule has 2 heterocycles. The van der Waals surface area contributed by atoms with Gasteiger partial charge in [-0.2, -0.15) is 0 Å². The number of amides is 4. The van der Waals surface area contributed by atoms with E-state index in [1.807, 2.05) is 0 Å². The molecule has 0 spiro atoms. The topological polar surface area (TPSA) is 129 Å². The van der Waals surface area contributed by atoms with Crippen LogP contribution in [0.1, 0.15) is 18.2 Å². The third-order valence-electron chi connectivity index (χ3n) is 4.96. The summed E-state index contributed by atoms with van der Waals surface area (Å²) in [5.41, 5.74) is -0.621. The lowest BCUT2D eigenvalue weighted by Crippen LogP contribution is -2.43. The lowest BCUT2D eigenvalue weighted by atomic mass is 9.97. The van der Waals surface area contributed by atoms with Gasteiger partial charge in [-0.25, -0.2) is 17.5 Å². The SMILES string of the molecule is CN(C)S(=O)(=O)c1ccccc1CNC(=O)CN1C(=O)NC(C)(c2ccccn2)C1=O. The number of nitrogens with one attached hydrogen (secondary N) is 2. The molecule has 0 aliphatic carbocycles. The lowest BCUT2D eigenvalue weighted by molar-refractivity contribution is -0.135. The van der Waals surface area contributed by atoms with E-state index in [0.29, 0.717) is 11.3 Å². The van der Waals surface area contributed by atoms with Gasteiger partial charge in [-0.15, -0.1) is 0 Å². The van der Waals surface area contributed by atoms with Crippen LogP contribution in [0.3, 0.4) is 0 Å². The van der Waals surface area contributed by atoms with Gasteiger partial charge < -0.3 is 10.6 Å². The Morgan fingerprint density at radius 2 is 1.84 bits per heavy atom. The lowest BCUT2D eigenvalue weighted by Gasteiger charge is -2.20. The zero-order chi connectivity index (χ0) is 22.8. The quantitative estimate of drug-likeness (QED) is 0.594. The smallest absolute Gasteiger partial charge is 0.325 e. The molecule has 0 saturated carbocycles. The van der Waals surface area contributed by atoms with Crippen LogP contribution >= 0.6 is 0 Å². The molecule has 2 aromatic rings. The highest BCUT2D eigenvalue weighted by atomic mass is 32.2. The number of nitrogens with zero attached hydrogens (tertiary/aromatic N) is 3. The minimum absolute atomic E-state index is 0.0676. The molecule has 1 aliphatic rings. The van der Waals surface area contributed by atoms with Gasteiger partial charge in [-0.3, -0.25) is 19.5 Å². The molecule has 164 valence electrons. The third-order valence-corrected chi connectivity index (χ3v) is 6.88. The van der Waals surface area contributed by atoms with Crippen molar-refractivity contribution >= 4 is 27.9 Å². The summed E-state index contributed by atoms with van der Waals surface area (Å²) in [6.07, 6.45) is 1.51. The van der Waals surface area contributed by atoms with Gasteiger partial charge >= 0.3 is 6.03 Å². The van der Waals surface area contributed by atoms with Crippen molar-refractivity contribution in [2.45, 2.75) is 23.9 Å². The Labute approximate surface area is 180 Å². The summed E-state index contributed by atoms with van der Waals surface area (Å²) in [7, 11) is -0.860. The van der Waals surface area contributed by atoms with E-state index in [1.54, 1.807) is 36.4 Å². The fraction of sp³-hybridized carbons (Fsp3) is 0.300. The molecule has 1 saturated heterocycles. The summed E-state index contributed by atoms with van der Waals surface area (Å²) < 4.78 is 26.0. The highest BCUT2D eigenvalue weighted by Gasteiger charge is 2.50. The highest BCUT2D eigenvalue weighted by Crippen LogP contribution is 2.27. The van der Waals surface area contributed by atoms with Crippen LogP contribution < -0.4 is 10.6 Å². The highest BCUT2D eigenvalue weighted by molar-refractivity contribution is 7.89. The Bertz CT molecular complexity index is 1120. The molecule has 1 atom stereocenters. The number of rotatable bonds is 7.